The average molecular weight is 263 g/mol. The highest BCUT2D eigenvalue weighted by Gasteiger charge is 2.48. The Morgan fingerprint density at radius 3 is 2.42 bits per heavy atom. The van der Waals surface area contributed by atoms with Crippen molar-refractivity contribution >= 4 is 17.9 Å². The molecule has 1 fully saturated rings. The lowest BCUT2D eigenvalue weighted by atomic mass is 9.96. The Kier molecular flexibility index (Phi) is 3.37. The van der Waals surface area contributed by atoms with E-state index in [1.807, 2.05) is 0 Å². The molecule has 0 aromatic heterocycles. The van der Waals surface area contributed by atoms with Gasteiger partial charge in [0.05, 0.1) is 0 Å². The fourth-order valence-electron chi connectivity index (χ4n) is 1.99. The van der Waals surface area contributed by atoms with Crippen molar-refractivity contribution in [3.63, 3.8) is 0 Å². The molecule has 3 amide bonds. The molecule has 0 saturated carbocycles. The quantitative estimate of drug-likeness (QED) is 0.636. The predicted molar refractivity (Wildman–Crippen MR) is 64.9 cm³/mol. The van der Waals surface area contributed by atoms with Crippen LogP contribution in [0.5, 0.6) is 0 Å². The van der Waals surface area contributed by atoms with E-state index in [4.69, 9.17) is 5.73 Å². The summed E-state index contributed by atoms with van der Waals surface area (Å²) < 4.78 is 0. The molecule has 0 bridgehead atoms. The number of carboxylic acid groups (broad SMARTS) is 1. The standard InChI is InChI=1S/C12H13N3O4/c13-10(16)8-9(11(17)14-8)15(12(18)19)6-7-4-2-1-3-5-7/h1-5,8-9H,6H2,(H2,13,16)(H,14,17)(H,18,19)/t8-,9-/m0/s1. The van der Waals surface area contributed by atoms with E-state index in [0.29, 0.717) is 0 Å². The largest absolute Gasteiger partial charge is 0.465 e. The second-order valence-corrected chi connectivity index (χ2v) is 4.23. The lowest BCUT2D eigenvalue weighted by Gasteiger charge is -2.40. The summed E-state index contributed by atoms with van der Waals surface area (Å²) in [5.41, 5.74) is 5.84. The third-order valence-corrected chi connectivity index (χ3v) is 2.97. The molecular formula is C12H13N3O4. The molecule has 1 heterocycles. The molecule has 0 spiro atoms. The zero-order valence-electron chi connectivity index (χ0n) is 9.95. The summed E-state index contributed by atoms with van der Waals surface area (Å²) in [6.07, 6.45) is -1.27. The minimum absolute atomic E-state index is 0.0258. The van der Waals surface area contributed by atoms with Gasteiger partial charge in [0, 0.05) is 6.54 Å². The van der Waals surface area contributed by atoms with Gasteiger partial charge in [0.2, 0.25) is 11.8 Å². The Hall–Kier alpha value is -2.57. The minimum Gasteiger partial charge on any atom is -0.465 e. The van der Waals surface area contributed by atoms with Crippen molar-refractivity contribution in [3.8, 4) is 0 Å². The Morgan fingerprint density at radius 2 is 1.95 bits per heavy atom. The molecule has 1 saturated heterocycles. The maximum atomic E-state index is 11.5. The molecule has 1 aliphatic rings. The predicted octanol–water partition coefficient (Wildman–Crippen LogP) is -0.481. The molecule has 0 radical (unpaired) electrons. The van der Waals surface area contributed by atoms with E-state index in [9.17, 15) is 19.5 Å². The number of β-lactam (4-membered cyclic amide) rings is 1. The van der Waals surface area contributed by atoms with Crippen molar-refractivity contribution in [3.05, 3.63) is 35.9 Å². The fourth-order valence-corrected chi connectivity index (χ4v) is 1.99. The number of benzene rings is 1. The lowest BCUT2D eigenvalue weighted by molar-refractivity contribution is -0.143. The SMILES string of the molecule is NC(=O)[C@H]1NC(=O)[C@H]1N(Cc1ccccc1)C(=O)O. The second-order valence-electron chi connectivity index (χ2n) is 4.23. The van der Waals surface area contributed by atoms with Crippen LogP contribution in [0.1, 0.15) is 5.56 Å². The number of carbonyl (C=O) groups is 3. The maximum Gasteiger partial charge on any atom is 0.408 e. The number of nitrogens with zero attached hydrogens (tertiary/aromatic N) is 1. The summed E-state index contributed by atoms with van der Waals surface area (Å²) >= 11 is 0. The van der Waals surface area contributed by atoms with E-state index in [1.54, 1.807) is 30.3 Å². The number of hydrogen-bond donors (Lipinski definition) is 3. The Morgan fingerprint density at radius 1 is 1.32 bits per heavy atom. The third-order valence-electron chi connectivity index (χ3n) is 2.97. The van der Waals surface area contributed by atoms with Crippen LogP contribution in [0.2, 0.25) is 0 Å². The van der Waals surface area contributed by atoms with Gasteiger partial charge in [-0.3, -0.25) is 14.5 Å². The summed E-state index contributed by atoms with van der Waals surface area (Å²) in [7, 11) is 0. The van der Waals surface area contributed by atoms with Gasteiger partial charge in [-0.2, -0.15) is 0 Å². The maximum absolute atomic E-state index is 11.5. The Balaban J connectivity index is 2.19. The molecule has 100 valence electrons. The molecule has 1 aliphatic heterocycles. The highest BCUT2D eigenvalue weighted by atomic mass is 16.4. The van der Waals surface area contributed by atoms with E-state index >= 15 is 0 Å². The summed E-state index contributed by atoms with van der Waals surface area (Å²) in [4.78, 5) is 34.7. The summed E-state index contributed by atoms with van der Waals surface area (Å²) in [6, 6.07) is 6.79. The monoisotopic (exact) mass is 263 g/mol. The van der Waals surface area contributed by atoms with Gasteiger partial charge in [-0.1, -0.05) is 30.3 Å². The number of hydrogen-bond acceptors (Lipinski definition) is 3. The first-order valence-corrected chi connectivity index (χ1v) is 5.64. The van der Waals surface area contributed by atoms with Gasteiger partial charge in [-0.15, -0.1) is 0 Å². The first-order valence-electron chi connectivity index (χ1n) is 5.64. The number of amides is 3. The molecular weight excluding hydrogens is 250 g/mol. The molecule has 7 nitrogen and oxygen atoms in total. The first-order chi connectivity index (χ1) is 9.00. The van der Waals surface area contributed by atoms with Gasteiger partial charge in [-0.05, 0) is 5.56 Å². The van der Waals surface area contributed by atoms with Crippen LogP contribution in [0.15, 0.2) is 30.3 Å². The van der Waals surface area contributed by atoms with Crippen LogP contribution in [-0.2, 0) is 16.1 Å². The zero-order chi connectivity index (χ0) is 14.0. The highest BCUT2D eigenvalue weighted by Crippen LogP contribution is 2.18. The van der Waals surface area contributed by atoms with E-state index in [2.05, 4.69) is 5.32 Å². The molecule has 19 heavy (non-hydrogen) atoms. The number of carbonyl (C=O) groups excluding carboxylic acids is 2. The zero-order valence-corrected chi connectivity index (χ0v) is 9.95. The molecule has 2 rings (SSSR count). The van der Waals surface area contributed by atoms with Gasteiger partial charge in [0.25, 0.3) is 0 Å². The van der Waals surface area contributed by atoms with Crippen molar-refractivity contribution in [2.75, 3.05) is 0 Å². The molecule has 0 aliphatic carbocycles. The van der Waals surface area contributed by atoms with E-state index < -0.39 is 30.0 Å². The summed E-state index contributed by atoms with van der Waals surface area (Å²) in [5, 5.41) is 11.5. The van der Waals surface area contributed by atoms with Gasteiger partial charge in [0.15, 0.2) is 0 Å². The van der Waals surface area contributed by atoms with E-state index in [0.717, 1.165) is 10.5 Å². The third kappa shape index (κ3) is 2.49. The van der Waals surface area contributed by atoms with Crippen LogP contribution in [0.25, 0.3) is 0 Å². The van der Waals surface area contributed by atoms with E-state index in [1.165, 1.54) is 0 Å². The van der Waals surface area contributed by atoms with Crippen LogP contribution in [0, 0.1) is 0 Å². The topological polar surface area (TPSA) is 113 Å². The van der Waals surface area contributed by atoms with Crippen molar-refractivity contribution in [1.29, 1.82) is 0 Å². The van der Waals surface area contributed by atoms with Crippen molar-refractivity contribution in [1.82, 2.24) is 10.2 Å². The van der Waals surface area contributed by atoms with Gasteiger partial charge < -0.3 is 16.2 Å². The Bertz CT molecular complexity index is 517. The van der Waals surface area contributed by atoms with Gasteiger partial charge >= 0.3 is 6.09 Å². The van der Waals surface area contributed by atoms with Crippen LogP contribution >= 0.6 is 0 Å². The first kappa shape index (κ1) is 12.9. The molecule has 0 unspecified atom stereocenters. The molecule has 1 aromatic rings. The van der Waals surface area contributed by atoms with Crippen molar-refractivity contribution < 1.29 is 19.5 Å². The minimum atomic E-state index is -1.27. The summed E-state index contributed by atoms with van der Waals surface area (Å²) in [5.74, 6) is -1.26. The number of rotatable bonds is 4. The second kappa shape index (κ2) is 4.97. The highest BCUT2D eigenvalue weighted by molar-refractivity contribution is 6.02. The smallest absolute Gasteiger partial charge is 0.408 e. The number of nitrogens with two attached hydrogens (primary N) is 1. The summed E-state index contributed by atoms with van der Waals surface area (Å²) in [6.45, 7) is 0.0258. The number of nitrogens with one attached hydrogen (secondary N) is 1. The van der Waals surface area contributed by atoms with Crippen LogP contribution in [0.3, 0.4) is 0 Å². The van der Waals surface area contributed by atoms with Crippen LogP contribution in [0.4, 0.5) is 4.79 Å². The van der Waals surface area contributed by atoms with Crippen LogP contribution in [-0.4, -0.2) is 40.0 Å². The molecule has 1 aromatic carbocycles. The van der Waals surface area contributed by atoms with Gasteiger partial charge in [0.1, 0.15) is 12.1 Å². The fraction of sp³-hybridized carbons (Fsp3) is 0.250. The molecule has 2 atom stereocenters. The average Bonchev–Trinajstić information content (AvgIpc) is 2.35. The Labute approximate surface area is 109 Å². The van der Waals surface area contributed by atoms with E-state index in [-0.39, 0.29) is 6.54 Å². The number of primary amides is 1. The molecule has 7 heteroatoms. The van der Waals surface area contributed by atoms with Gasteiger partial charge in [-0.25, -0.2) is 4.79 Å². The van der Waals surface area contributed by atoms with Crippen molar-refractivity contribution in [2.45, 2.75) is 18.6 Å². The normalized spacial score (nSPS) is 21.2. The van der Waals surface area contributed by atoms with Crippen molar-refractivity contribution in [2.24, 2.45) is 5.73 Å². The lowest BCUT2D eigenvalue weighted by Crippen LogP contribution is -2.73. The molecule has 4 N–H and O–H groups in total. The van der Waals surface area contributed by atoms with Crippen LogP contribution < -0.4 is 11.1 Å².